The first kappa shape index (κ1) is 12.8. The molecule has 0 aliphatic rings. The Morgan fingerprint density at radius 1 is 1.12 bits per heavy atom. The molecule has 1 N–H and O–H groups in total. The predicted octanol–water partition coefficient (Wildman–Crippen LogP) is 3.44. The lowest BCUT2D eigenvalue weighted by Gasteiger charge is -2.06. The van der Waals surface area contributed by atoms with E-state index in [1.54, 1.807) is 0 Å². The van der Waals surface area contributed by atoms with Crippen molar-refractivity contribution in [3.8, 4) is 0 Å². The van der Waals surface area contributed by atoms with Crippen molar-refractivity contribution in [1.29, 1.82) is 0 Å². The average molecular weight is 220 g/mol. The number of benzene rings is 1. The Hall–Kier alpha value is -1.31. The first-order valence-corrected chi connectivity index (χ1v) is 6.02. The zero-order chi connectivity index (χ0) is 11.8. The summed E-state index contributed by atoms with van der Waals surface area (Å²) in [5.74, 6) is -0.686. The highest BCUT2D eigenvalue weighted by atomic mass is 16.4. The van der Waals surface area contributed by atoms with Gasteiger partial charge in [-0.1, -0.05) is 37.6 Å². The van der Waals surface area contributed by atoms with Gasteiger partial charge in [-0.2, -0.15) is 0 Å². The second-order valence-corrected chi connectivity index (χ2v) is 4.08. The SMILES string of the molecule is CCc1ccccc1CCCCCC(=O)O. The normalized spacial score (nSPS) is 10.3. The molecule has 2 heteroatoms. The van der Waals surface area contributed by atoms with Crippen molar-refractivity contribution in [1.82, 2.24) is 0 Å². The van der Waals surface area contributed by atoms with Crippen LogP contribution in [0.2, 0.25) is 0 Å². The number of aryl methyl sites for hydroxylation is 2. The third-order valence-electron chi connectivity index (χ3n) is 2.84. The standard InChI is InChI=1S/C14H20O2/c1-2-12-8-6-7-10-13(12)9-4-3-5-11-14(15)16/h6-8,10H,2-5,9,11H2,1H3,(H,15,16). The minimum Gasteiger partial charge on any atom is -0.481 e. The van der Waals surface area contributed by atoms with E-state index in [1.807, 2.05) is 0 Å². The lowest BCUT2D eigenvalue weighted by Crippen LogP contribution is -1.95. The molecule has 0 fully saturated rings. The summed E-state index contributed by atoms with van der Waals surface area (Å²) in [5, 5.41) is 8.51. The van der Waals surface area contributed by atoms with Crippen molar-refractivity contribution in [2.24, 2.45) is 0 Å². The summed E-state index contributed by atoms with van der Waals surface area (Å²) in [6.45, 7) is 2.17. The molecule has 1 aromatic carbocycles. The fourth-order valence-corrected chi connectivity index (χ4v) is 1.91. The summed E-state index contributed by atoms with van der Waals surface area (Å²) < 4.78 is 0. The van der Waals surface area contributed by atoms with Gasteiger partial charge in [-0.05, 0) is 36.8 Å². The second kappa shape index (κ2) is 7.04. The largest absolute Gasteiger partial charge is 0.481 e. The monoisotopic (exact) mass is 220 g/mol. The Kier molecular flexibility index (Phi) is 5.62. The molecule has 1 aromatic rings. The Morgan fingerprint density at radius 2 is 1.81 bits per heavy atom. The zero-order valence-electron chi connectivity index (χ0n) is 9.91. The number of unbranched alkanes of at least 4 members (excludes halogenated alkanes) is 2. The molecule has 0 aliphatic carbocycles. The van der Waals surface area contributed by atoms with Crippen LogP contribution in [0.4, 0.5) is 0 Å². The molecule has 0 unspecified atom stereocenters. The molecule has 0 spiro atoms. The molecule has 0 saturated heterocycles. The molecule has 0 aliphatic heterocycles. The highest BCUT2D eigenvalue weighted by Crippen LogP contribution is 2.13. The Morgan fingerprint density at radius 3 is 2.44 bits per heavy atom. The van der Waals surface area contributed by atoms with Gasteiger partial charge in [-0.25, -0.2) is 0 Å². The molecule has 0 aromatic heterocycles. The number of carboxylic acid groups (broad SMARTS) is 1. The van der Waals surface area contributed by atoms with E-state index in [9.17, 15) is 4.79 Å². The van der Waals surface area contributed by atoms with Gasteiger partial charge in [0.2, 0.25) is 0 Å². The van der Waals surface area contributed by atoms with E-state index in [1.165, 1.54) is 11.1 Å². The van der Waals surface area contributed by atoms with Crippen LogP contribution in [-0.2, 0) is 17.6 Å². The van der Waals surface area contributed by atoms with Crippen LogP contribution in [0.15, 0.2) is 24.3 Å². The van der Waals surface area contributed by atoms with Crippen molar-refractivity contribution in [2.75, 3.05) is 0 Å². The number of hydrogen-bond acceptors (Lipinski definition) is 1. The maximum absolute atomic E-state index is 10.3. The first-order valence-electron chi connectivity index (χ1n) is 6.02. The smallest absolute Gasteiger partial charge is 0.303 e. The molecule has 0 amide bonds. The quantitative estimate of drug-likeness (QED) is 0.715. The van der Waals surface area contributed by atoms with Crippen molar-refractivity contribution < 1.29 is 9.90 Å². The lowest BCUT2D eigenvalue weighted by atomic mass is 9.99. The Bertz CT molecular complexity index is 331. The second-order valence-electron chi connectivity index (χ2n) is 4.08. The molecule has 0 bridgehead atoms. The van der Waals surface area contributed by atoms with E-state index < -0.39 is 5.97 Å². The molecular weight excluding hydrogens is 200 g/mol. The topological polar surface area (TPSA) is 37.3 Å². The minimum atomic E-state index is -0.686. The number of aliphatic carboxylic acids is 1. The number of carbonyl (C=O) groups is 1. The van der Waals surface area contributed by atoms with Gasteiger partial charge in [0.15, 0.2) is 0 Å². The van der Waals surface area contributed by atoms with Crippen LogP contribution in [0.25, 0.3) is 0 Å². The fraction of sp³-hybridized carbons (Fsp3) is 0.500. The van der Waals surface area contributed by atoms with Gasteiger partial charge in [-0.3, -0.25) is 4.79 Å². The van der Waals surface area contributed by atoms with Gasteiger partial charge in [-0.15, -0.1) is 0 Å². The third-order valence-corrected chi connectivity index (χ3v) is 2.84. The molecule has 2 nitrogen and oxygen atoms in total. The predicted molar refractivity (Wildman–Crippen MR) is 65.6 cm³/mol. The van der Waals surface area contributed by atoms with E-state index in [2.05, 4.69) is 31.2 Å². The Labute approximate surface area is 97.3 Å². The van der Waals surface area contributed by atoms with Gasteiger partial charge in [0.25, 0.3) is 0 Å². The molecule has 0 radical (unpaired) electrons. The third kappa shape index (κ3) is 4.47. The van der Waals surface area contributed by atoms with E-state index in [0.29, 0.717) is 6.42 Å². The van der Waals surface area contributed by atoms with Gasteiger partial charge >= 0.3 is 5.97 Å². The highest BCUT2D eigenvalue weighted by Gasteiger charge is 2.00. The van der Waals surface area contributed by atoms with Crippen LogP contribution in [0.5, 0.6) is 0 Å². The number of carboxylic acids is 1. The van der Waals surface area contributed by atoms with Gasteiger partial charge in [0.1, 0.15) is 0 Å². The van der Waals surface area contributed by atoms with Gasteiger partial charge in [0.05, 0.1) is 0 Å². The summed E-state index contributed by atoms with van der Waals surface area (Å²) in [7, 11) is 0. The van der Waals surface area contributed by atoms with Gasteiger partial charge in [0, 0.05) is 6.42 Å². The summed E-state index contributed by atoms with van der Waals surface area (Å²) in [6, 6.07) is 8.50. The molecule has 0 saturated carbocycles. The molecule has 16 heavy (non-hydrogen) atoms. The maximum Gasteiger partial charge on any atom is 0.303 e. The van der Waals surface area contributed by atoms with Crippen LogP contribution in [-0.4, -0.2) is 11.1 Å². The van der Waals surface area contributed by atoms with Crippen LogP contribution in [0.1, 0.15) is 43.7 Å². The van der Waals surface area contributed by atoms with E-state index in [0.717, 1.165) is 32.1 Å². The summed E-state index contributed by atoms with van der Waals surface area (Å²) in [4.78, 5) is 10.3. The van der Waals surface area contributed by atoms with E-state index in [4.69, 9.17) is 5.11 Å². The molecule has 0 heterocycles. The van der Waals surface area contributed by atoms with Crippen LogP contribution in [0.3, 0.4) is 0 Å². The van der Waals surface area contributed by atoms with Crippen LogP contribution < -0.4 is 0 Å². The fourth-order valence-electron chi connectivity index (χ4n) is 1.91. The maximum atomic E-state index is 10.3. The highest BCUT2D eigenvalue weighted by molar-refractivity contribution is 5.66. The van der Waals surface area contributed by atoms with Crippen molar-refractivity contribution in [3.63, 3.8) is 0 Å². The number of hydrogen-bond donors (Lipinski definition) is 1. The molecule has 0 atom stereocenters. The van der Waals surface area contributed by atoms with Crippen molar-refractivity contribution >= 4 is 5.97 Å². The summed E-state index contributed by atoms with van der Waals surface area (Å²) in [5.41, 5.74) is 2.83. The summed E-state index contributed by atoms with van der Waals surface area (Å²) >= 11 is 0. The Balaban J connectivity index is 2.28. The van der Waals surface area contributed by atoms with Crippen molar-refractivity contribution in [2.45, 2.75) is 45.4 Å². The minimum absolute atomic E-state index is 0.301. The average Bonchev–Trinajstić information content (AvgIpc) is 2.29. The summed E-state index contributed by atoms with van der Waals surface area (Å²) in [6.07, 6.45) is 5.34. The van der Waals surface area contributed by atoms with Crippen molar-refractivity contribution in [3.05, 3.63) is 35.4 Å². The lowest BCUT2D eigenvalue weighted by molar-refractivity contribution is -0.137. The molecule has 1 rings (SSSR count). The van der Waals surface area contributed by atoms with E-state index in [-0.39, 0.29) is 0 Å². The van der Waals surface area contributed by atoms with E-state index >= 15 is 0 Å². The number of rotatable bonds is 7. The van der Waals surface area contributed by atoms with Crippen LogP contribution in [0, 0.1) is 0 Å². The molecular formula is C14H20O2. The van der Waals surface area contributed by atoms with Gasteiger partial charge < -0.3 is 5.11 Å². The first-order chi connectivity index (χ1) is 7.74. The van der Waals surface area contributed by atoms with Crippen LogP contribution >= 0.6 is 0 Å². The zero-order valence-corrected chi connectivity index (χ0v) is 9.91. The molecule has 88 valence electrons.